The fraction of sp³-hybridized carbons (Fsp3) is 0.647. The van der Waals surface area contributed by atoms with E-state index in [9.17, 15) is 0 Å². The molecule has 0 bridgehead atoms. The second-order valence-corrected chi connectivity index (χ2v) is 6.58. The molecule has 1 aromatic carbocycles. The van der Waals surface area contributed by atoms with Gasteiger partial charge in [0, 0.05) is 31.1 Å². The van der Waals surface area contributed by atoms with Crippen molar-refractivity contribution in [3.05, 3.63) is 35.4 Å². The summed E-state index contributed by atoms with van der Waals surface area (Å²) in [5.41, 5.74) is 3.20. The molecule has 2 heteroatoms. The minimum absolute atomic E-state index is 0.760. The molecule has 19 heavy (non-hydrogen) atoms. The SMILES string of the molecule is c1ccc2c(c1)CC2CN(CC1CCCN1)C1CC1. The summed E-state index contributed by atoms with van der Waals surface area (Å²) in [6, 6.07) is 10.7. The van der Waals surface area contributed by atoms with Crippen molar-refractivity contribution in [3.63, 3.8) is 0 Å². The van der Waals surface area contributed by atoms with Gasteiger partial charge in [0.15, 0.2) is 0 Å². The van der Waals surface area contributed by atoms with Crippen molar-refractivity contribution in [2.24, 2.45) is 0 Å². The minimum atomic E-state index is 0.760. The molecule has 2 nitrogen and oxygen atoms in total. The predicted molar refractivity (Wildman–Crippen MR) is 78.5 cm³/mol. The number of rotatable bonds is 5. The number of benzene rings is 1. The Hall–Kier alpha value is -0.860. The van der Waals surface area contributed by atoms with E-state index in [2.05, 4.69) is 34.5 Å². The lowest BCUT2D eigenvalue weighted by molar-refractivity contribution is 0.218. The van der Waals surface area contributed by atoms with E-state index < -0.39 is 0 Å². The van der Waals surface area contributed by atoms with Crippen LogP contribution in [0.4, 0.5) is 0 Å². The second kappa shape index (κ2) is 4.92. The monoisotopic (exact) mass is 256 g/mol. The Morgan fingerprint density at radius 1 is 1.11 bits per heavy atom. The fourth-order valence-corrected chi connectivity index (χ4v) is 3.82. The van der Waals surface area contributed by atoms with Gasteiger partial charge in [0.05, 0.1) is 0 Å². The molecule has 1 saturated heterocycles. The molecule has 2 aliphatic carbocycles. The van der Waals surface area contributed by atoms with Gasteiger partial charge in [0.1, 0.15) is 0 Å². The van der Waals surface area contributed by atoms with Crippen molar-refractivity contribution in [1.82, 2.24) is 10.2 Å². The lowest BCUT2D eigenvalue weighted by Gasteiger charge is -2.36. The topological polar surface area (TPSA) is 15.3 Å². The highest BCUT2D eigenvalue weighted by atomic mass is 15.2. The Kier molecular flexibility index (Phi) is 3.08. The third kappa shape index (κ3) is 2.44. The number of fused-ring (bicyclic) bond motifs is 1. The molecule has 2 unspecified atom stereocenters. The van der Waals surface area contributed by atoms with Crippen LogP contribution in [-0.4, -0.2) is 36.6 Å². The van der Waals surface area contributed by atoms with Crippen LogP contribution in [0, 0.1) is 0 Å². The zero-order valence-corrected chi connectivity index (χ0v) is 11.6. The van der Waals surface area contributed by atoms with Gasteiger partial charge in [0.25, 0.3) is 0 Å². The molecule has 1 saturated carbocycles. The molecular formula is C17H24N2. The van der Waals surface area contributed by atoms with E-state index in [0.29, 0.717) is 0 Å². The second-order valence-electron chi connectivity index (χ2n) is 6.58. The van der Waals surface area contributed by atoms with Crippen molar-refractivity contribution >= 4 is 0 Å². The van der Waals surface area contributed by atoms with Crippen LogP contribution in [0.3, 0.4) is 0 Å². The van der Waals surface area contributed by atoms with Gasteiger partial charge in [-0.05, 0) is 49.8 Å². The molecule has 0 amide bonds. The predicted octanol–water partition coefficient (Wildman–Crippen LogP) is 2.54. The molecule has 0 spiro atoms. The van der Waals surface area contributed by atoms with Crippen LogP contribution in [-0.2, 0) is 6.42 Å². The maximum absolute atomic E-state index is 3.66. The average molecular weight is 256 g/mol. The van der Waals surface area contributed by atoms with Crippen molar-refractivity contribution in [3.8, 4) is 0 Å². The number of hydrogen-bond donors (Lipinski definition) is 1. The maximum atomic E-state index is 3.66. The zero-order chi connectivity index (χ0) is 12.7. The Balaban J connectivity index is 1.39. The summed E-state index contributed by atoms with van der Waals surface area (Å²) in [5.74, 6) is 0.804. The molecule has 102 valence electrons. The first-order valence-electron chi connectivity index (χ1n) is 7.95. The van der Waals surface area contributed by atoms with Gasteiger partial charge in [-0.25, -0.2) is 0 Å². The fourth-order valence-electron chi connectivity index (χ4n) is 3.82. The third-order valence-electron chi connectivity index (χ3n) is 5.10. The largest absolute Gasteiger partial charge is 0.313 e. The summed E-state index contributed by atoms with van der Waals surface area (Å²) in [4.78, 5) is 2.78. The van der Waals surface area contributed by atoms with E-state index in [4.69, 9.17) is 0 Å². The molecule has 1 heterocycles. The lowest BCUT2D eigenvalue weighted by Crippen LogP contribution is -2.42. The number of nitrogens with one attached hydrogen (secondary N) is 1. The molecule has 0 aromatic heterocycles. The molecule has 1 aromatic rings. The van der Waals surface area contributed by atoms with Crippen LogP contribution in [0.2, 0.25) is 0 Å². The number of hydrogen-bond acceptors (Lipinski definition) is 2. The summed E-state index contributed by atoms with van der Waals surface area (Å²) < 4.78 is 0. The normalized spacial score (nSPS) is 29.3. The van der Waals surface area contributed by atoms with Crippen molar-refractivity contribution < 1.29 is 0 Å². The van der Waals surface area contributed by atoms with Crippen LogP contribution in [0.15, 0.2) is 24.3 Å². The number of nitrogens with zero attached hydrogens (tertiary/aromatic N) is 1. The summed E-state index contributed by atoms with van der Waals surface area (Å²) >= 11 is 0. The Bertz CT molecular complexity index is 446. The van der Waals surface area contributed by atoms with E-state index >= 15 is 0 Å². The highest BCUT2D eigenvalue weighted by molar-refractivity contribution is 5.40. The summed E-state index contributed by atoms with van der Waals surface area (Å²) in [7, 11) is 0. The van der Waals surface area contributed by atoms with Gasteiger partial charge >= 0.3 is 0 Å². The minimum Gasteiger partial charge on any atom is -0.313 e. The van der Waals surface area contributed by atoms with E-state index in [1.807, 2.05) is 0 Å². The highest BCUT2D eigenvalue weighted by Crippen LogP contribution is 2.38. The Morgan fingerprint density at radius 3 is 2.74 bits per heavy atom. The molecule has 1 N–H and O–H groups in total. The van der Waals surface area contributed by atoms with Crippen LogP contribution >= 0.6 is 0 Å². The molecule has 2 fully saturated rings. The first-order valence-corrected chi connectivity index (χ1v) is 7.95. The first kappa shape index (κ1) is 11.9. The van der Waals surface area contributed by atoms with Crippen molar-refractivity contribution in [2.45, 2.75) is 50.1 Å². The van der Waals surface area contributed by atoms with Crippen molar-refractivity contribution in [1.29, 1.82) is 0 Å². The van der Waals surface area contributed by atoms with Gasteiger partial charge in [0.2, 0.25) is 0 Å². The van der Waals surface area contributed by atoms with E-state index in [0.717, 1.165) is 18.0 Å². The highest BCUT2D eigenvalue weighted by Gasteiger charge is 2.35. The molecule has 3 aliphatic rings. The Morgan fingerprint density at radius 2 is 2.00 bits per heavy atom. The van der Waals surface area contributed by atoms with Gasteiger partial charge < -0.3 is 5.32 Å². The van der Waals surface area contributed by atoms with Gasteiger partial charge in [-0.15, -0.1) is 0 Å². The quantitative estimate of drug-likeness (QED) is 0.871. The summed E-state index contributed by atoms with van der Waals surface area (Å²) in [6.07, 6.45) is 6.92. The molecule has 2 atom stereocenters. The molecule has 4 rings (SSSR count). The van der Waals surface area contributed by atoms with Crippen LogP contribution in [0.25, 0.3) is 0 Å². The first-order chi connectivity index (χ1) is 9.40. The van der Waals surface area contributed by atoms with E-state index in [-0.39, 0.29) is 0 Å². The van der Waals surface area contributed by atoms with Crippen molar-refractivity contribution in [2.75, 3.05) is 19.6 Å². The molecule has 1 aliphatic heterocycles. The zero-order valence-electron chi connectivity index (χ0n) is 11.6. The maximum Gasteiger partial charge on any atom is 0.0195 e. The Labute approximate surface area is 116 Å². The summed E-state index contributed by atoms with van der Waals surface area (Å²) in [6.45, 7) is 3.80. The summed E-state index contributed by atoms with van der Waals surface area (Å²) in [5, 5.41) is 3.66. The average Bonchev–Trinajstić information content (AvgIpc) is 3.13. The van der Waals surface area contributed by atoms with Crippen LogP contribution < -0.4 is 5.32 Å². The van der Waals surface area contributed by atoms with Gasteiger partial charge in [-0.2, -0.15) is 0 Å². The van der Waals surface area contributed by atoms with E-state index in [1.165, 1.54) is 51.7 Å². The van der Waals surface area contributed by atoms with Gasteiger partial charge in [-0.1, -0.05) is 24.3 Å². The van der Waals surface area contributed by atoms with Crippen LogP contribution in [0.5, 0.6) is 0 Å². The third-order valence-corrected chi connectivity index (χ3v) is 5.10. The lowest BCUT2D eigenvalue weighted by atomic mass is 9.77. The van der Waals surface area contributed by atoms with E-state index in [1.54, 1.807) is 11.1 Å². The smallest absolute Gasteiger partial charge is 0.0195 e. The van der Waals surface area contributed by atoms with Gasteiger partial charge in [-0.3, -0.25) is 4.90 Å². The molecular weight excluding hydrogens is 232 g/mol. The standard InChI is InChI=1S/C17H24N2/c1-2-6-17-13(4-1)10-14(17)11-19(16-7-8-16)12-15-5-3-9-18-15/h1-2,4,6,14-16,18H,3,5,7-12H2. The molecule has 0 radical (unpaired) electrons. The van der Waals surface area contributed by atoms with Crippen LogP contribution in [0.1, 0.15) is 42.7 Å².